The van der Waals surface area contributed by atoms with Gasteiger partial charge in [-0.25, -0.2) is 0 Å². The lowest BCUT2D eigenvalue weighted by Gasteiger charge is -2.37. The van der Waals surface area contributed by atoms with Gasteiger partial charge in [0.05, 0.1) is 25.4 Å². The fourth-order valence-electron chi connectivity index (χ4n) is 2.99. The third kappa shape index (κ3) is 2.20. The van der Waals surface area contributed by atoms with Gasteiger partial charge in [0.25, 0.3) is 0 Å². The minimum atomic E-state index is -0.187. The molecule has 1 amide bonds. The van der Waals surface area contributed by atoms with Crippen LogP contribution in [0.25, 0.3) is 0 Å². The number of ether oxygens (including phenoxy) is 1. The van der Waals surface area contributed by atoms with Gasteiger partial charge < -0.3 is 14.7 Å². The van der Waals surface area contributed by atoms with E-state index in [2.05, 4.69) is 0 Å². The van der Waals surface area contributed by atoms with E-state index in [0.717, 1.165) is 12.3 Å². The largest absolute Gasteiger partial charge is 0.394 e. The average molecular weight is 239 g/mol. The van der Waals surface area contributed by atoms with E-state index in [1.807, 2.05) is 11.8 Å². The van der Waals surface area contributed by atoms with Crippen LogP contribution in [0.3, 0.4) is 0 Å². The first-order valence-electron chi connectivity index (χ1n) is 6.73. The molecule has 0 aromatic carbocycles. The van der Waals surface area contributed by atoms with Gasteiger partial charge in [0, 0.05) is 12.5 Å². The van der Waals surface area contributed by atoms with Gasteiger partial charge in [0.1, 0.15) is 0 Å². The third-order valence-corrected chi connectivity index (χ3v) is 4.38. The van der Waals surface area contributed by atoms with E-state index < -0.39 is 0 Å². The molecule has 4 unspecified atom stereocenters. The van der Waals surface area contributed by atoms with Crippen molar-refractivity contribution < 1.29 is 14.6 Å². The molecule has 1 saturated heterocycles. The number of hydrogen-bond donors (Lipinski definition) is 1. The highest BCUT2D eigenvalue weighted by atomic mass is 16.5. The van der Waals surface area contributed by atoms with Crippen LogP contribution in [0, 0.1) is 17.8 Å². The normalized spacial score (nSPS) is 41.4. The summed E-state index contributed by atoms with van der Waals surface area (Å²) in [5.74, 6) is 2.09. The van der Waals surface area contributed by atoms with Gasteiger partial charge in [-0.1, -0.05) is 0 Å². The van der Waals surface area contributed by atoms with Crippen LogP contribution in [-0.2, 0) is 9.53 Å². The van der Waals surface area contributed by atoms with Crippen LogP contribution in [0.1, 0.15) is 26.2 Å². The van der Waals surface area contributed by atoms with Crippen molar-refractivity contribution in [2.75, 3.05) is 19.8 Å². The Bertz CT molecular complexity index is 316. The molecule has 96 valence electrons. The van der Waals surface area contributed by atoms with E-state index in [9.17, 15) is 4.79 Å². The summed E-state index contributed by atoms with van der Waals surface area (Å²) in [7, 11) is 0. The monoisotopic (exact) mass is 239 g/mol. The molecule has 3 fully saturated rings. The zero-order valence-electron chi connectivity index (χ0n) is 10.3. The molecule has 4 atom stereocenters. The Kier molecular flexibility index (Phi) is 2.87. The lowest BCUT2D eigenvalue weighted by atomic mass is 10.1. The van der Waals surface area contributed by atoms with Crippen LogP contribution in [0.4, 0.5) is 0 Å². The third-order valence-electron chi connectivity index (χ3n) is 4.38. The smallest absolute Gasteiger partial charge is 0.226 e. The van der Waals surface area contributed by atoms with Gasteiger partial charge in [-0.15, -0.1) is 0 Å². The maximum atomic E-state index is 12.4. The second-order valence-corrected chi connectivity index (χ2v) is 5.82. The Hall–Kier alpha value is -0.610. The molecule has 1 aliphatic heterocycles. The molecule has 0 aromatic heterocycles. The molecule has 0 radical (unpaired) electrons. The maximum Gasteiger partial charge on any atom is 0.226 e. The highest BCUT2D eigenvalue weighted by Gasteiger charge is 2.53. The molecule has 2 aliphatic carbocycles. The standard InChI is InChI=1S/C13H21NO3/c1-8-7-17-10(6-15)5-14(8)13(16)12-4-11(12)9-2-3-9/h8-12,15H,2-7H2,1H3. The van der Waals surface area contributed by atoms with E-state index in [-0.39, 0.29) is 24.7 Å². The van der Waals surface area contributed by atoms with E-state index in [1.54, 1.807) is 0 Å². The fraction of sp³-hybridized carbons (Fsp3) is 0.923. The van der Waals surface area contributed by atoms with Crippen molar-refractivity contribution in [1.82, 2.24) is 4.90 Å². The van der Waals surface area contributed by atoms with E-state index in [0.29, 0.717) is 25.0 Å². The molecule has 1 heterocycles. The summed E-state index contributed by atoms with van der Waals surface area (Å²) in [6, 6.07) is 0.158. The van der Waals surface area contributed by atoms with E-state index in [4.69, 9.17) is 9.84 Å². The molecule has 4 heteroatoms. The number of amides is 1. The predicted molar refractivity (Wildman–Crippen MR) is 62.3 cm³/mol. The fourth-order valence-corrected chi connectivity index (χ4v) is 2.99. The van der Waals surface area contributed by atoms with Crippen LogP contribution in [0.2, 0.25) is 0 Å². The quantitative estimate of drug-likeness (QED) is 0.786. The van der Waals surface area contributed by atoms with Crippen LogP contribution in [0.5, 0.6) is 0 Å². The van der Waals surface area contributed by atoms with Crippen molar-refractivity contribution in [2.45, 2.75) is 38.3 Å². The van der Waals surface area contributed by atoms with Crippen molar-refractivity contribution in [3.05, 3.63) is 0 Å². The first kappa shape index (κ1) is 11.5. The lowest BCUT2D eigenvalue weighted by molar-refractivity contribution is -0.147. The molecule has 2 saturated carbocycles. The highest BCUT2D eigenvalue weighted by Crippen LogP contribution is 2.55. The summed E-state index contributed by atoms with van der Waals surface area (Å²) in [5, 5.41) is 9.12. The van der Waals surface area contributed by atoms with Crippen molar-refractivity contribution >= 4 is 5.91 Å². The molecule has 1 N–H and O–H groups in total. The van der Waals surface area contributed by atoms with Crippen LogP contribution in [-0.4, -0.2) is 47.8 Å². The summed E-state index contributed by atoms with van der Waals surface area (Å²) in [6.45, 7) is 3.15. The zero-order chi connectivity index (χ0) is 12.0. The maximum absolute atomic E-state index is 12.4. The first-order valence-corrected chi connectivity index (χ1v) is 6.73. The Morgan fingerprint density at radius 3 is 2.88 bits per heavy atom. The van der Waals surface area contributed by atoms with E-state index >= 15 is 0 Å². The van der Waals surface area contributed by atoms with Gasteiger partial charge in [-0.05, 0) is 38.0 Å². The van der Waals surface area contributed by atoms with Crippen molar-refractivity contribution in [3.63, 3.8) is 0 Å². The lowest BCUT2D eigenvalue weighted by Crippen LogP contribution is -2.52. The minimum Gasteiger partial charge on any atom is -0.394 e. The molecule has 4 nitrogen and oxygen atoms in total. The number of nitrogens with zero attached hydrogens (tertiary/aromatic N) is 1. The van der Waals surface area contributed by atoms with Crippen LogP contribution >= 0.6 is 0 Å². The summed E-state index contributed by atoms with van der Waals surface area (Å²) in [5.41, 5.74) is 0. The predicted octanol–water partition coefficient (Wildman–Crippen LogP) is 0.641. The van der Waals surface area contributed by atoms with Gasteiger partial charge in [0.15, 0.2) is 0 Å². The van der Waals surface area contributed by atoms with Gasteiger partial charge in [-0.2, -0.15) is 0 Å². The SMILES string of the molecule is CC1COC(CO)CN1C(=O)C1CC1C1CC1. The number of aliphatic hydroxyl groups excluding tert-OH is 1. The average Bonchev–Trinajstić information content (AvgIpc) is 3.17. The van der Waals surface area contributed by atoms with Crippen molar-refractivity contribution in [1.29, 1.82) is 0 Å². The first-order chi connectivity index (χ1) is 8.20. The molecule has 17 heavy (non-hydrogen) atoms. The number of morpholine rings is 1. The second kappa shape index (κ2) is 4.25. The van der Waals surface area contributed by atoms with Gasteiger partial charge in [-0.3, -0.25) is 4.79 Å². The number of carbonyl (C=O) groups excluding carboxylic acids is 1. The Labute approximate surface area is 102 Å². The molecule has 0 spiro atoms. The molecule has 0 aromatic rings. The van der Waals surface area contributed by atoms with E-state index in [1.165, 1.54) is 12.8 Å². The van der Waals surface area contributed by atoms with Crippen molar-refractivity contribution in [3.8, 4) is 0 Å². The molecular formula is C13H21NO3. The molecule has 3 rings (SSSR count). The van der Waals surface area contributed by atoms with Gasteiger partial charge >= 0.3 is 0 Å². The van der Waals surface area contributed by atoms with Crippen molar-refractivity contribution in [2.24, 2.45) is 17.8 Å². The zero-order valence-corrected chi connectivity index (χ0v) is 10.3. The minimum absolute atomic E-state index is 0.00716. The van der Waals surface area contributed by atoms with Crippen LogP contribution in [0.15, 0.2) is 0 Å². The topological polar surface area (TPSA) is 49.8 Å². The number of aliphatic hydroxyl groups is 1. The Morgan fingerprint density at radius 2 is 2.24 bits per heavy atom. The summed E-state index contributed by atoms with van der Waals surface area (Å²) >= 11 is 0. The Morgan fingerprint density at radius 1 is 1.47 bits per heavy atom. The highest BCUT2D eigenvalue weighted by molar-refractivity contribution is 5.82. The number of rotatable bonds is 3. The Balaban J connectivity index is 1.59. The molecule has 0 bridgehead atoms. The number of carbonyl (C=O) groups is 1. The molecular weight excluding hydrogens is 218 g/mol. The number of hydrogen-bond acceptors (Lipinski definition) is 3. The second-order valence-electron chi connectivity index (χ2n) is 5.82. The summed E-state index contributed by atoms with van der Waals surface area (Å²) in [4.78, 5) is 14.3. The van der Waals surface area contributed by atoms with Crippen LogP contribution < -0.4 is 0 Å². The van der Waals surface area contributed by atoms with Gasteiger partial charge in [0.2, 0.25) is 5.91 Å². The summed E-state index contributed by atoms with van der Waals surface area (Å²) in [6.07, 6.45) is 3.56. The summed E-state index contributed by atoms with van der Waals surface area (Å²) < 4.78 is 5.46. The molecule has 3 aliphatic rings.